The summed E-state index contributed by atoms with van der Waals surface area (Å²) in [6, 6.07) is 11.1. The average Bonchev–Trinajstić information content (AvgIpc) is 3.16. The Balaban J connectivity index is 0.00000261. The van der Waals surface area contributed by atoms with Gasteiger partial charge in [0.1, 0.15) is 0 Å². The summed E-state index contributed by atoms with van der Waals surface area (Å²) in [5.74, 6) is 0.951. The summed E-state index contributed by atoms with van der Waals surface area (Å²) in [4.78, 5) is 7.39. The number of hydrogen-bond acceptors (Lipinski definition) is 4. The van der Waals surface area contributed by atoms with E-state index in [0.717, 1.165) is 64.6 Å². The Kier molecular flexibility index (Phi) is 9.52. The van der Waals surface area contributed by atoms with Gasteiger partial charge >= 0.3 is 0 Å². The molecule has 0 aliphatic carbocycles. The fourth-order valence-electron chi connectivity index (χ4n) is 3.66. The van der Waals surface area contributed by atoms with Crippen LogP contribution < -0.4 is 15.5 Å². The quantitative estimate of drug-likeness (QED) is 0.354. The van der Waals surface area contributed by atoms with Gasteiger partial charge in [-0.05, 0) is 44.6 Å². The summed E-state index contributed by atoms with van der Waals surface area (Å²) in [6.45, 7) is 7.69. The molecule has 2 N–H and O–H groups in total. The lowest BCUT2D eigenvalue weighted by atomic mass is 9.99. The molecule has 0 saturated carbocycles. The molecule has 0 radical (unpaired) electrons. The summed E-state index contributed by atoms with van der Waals surface area (Å²) in [7, 11) is 0. The first-order valence-electron chi connectivity index (χ1n) is 9.72. The highest BCUT2D eigenvalue weighted by Crippen LogP contribution is 2.34. The maximum atomic E-state index is 5.54. The number of aliphatic imine (C=N–C) groups is 1. The van der Waals surface area contributed by atoms with Crippen molar-refractivity contribution in [1.82, 2.24) is 10.6 Å². The number of para-hydroxylation sites is 1. The molecule has 0 bridgehead atoms. The molecular weight excluding hydrogens is 471 g/mol. The molecule has 0 amide bonds. The van der Waals surface area contributed by atoms with E-state index in [1.807, 2.05) is 11.8 Å². The van der Waals surface area contributed by atoms with E-state index in [4.69, 9.17) is 9.73 Å². The number of halogens is 1. The number of rotatable bonds is 6. The molecule has 1 aromatic carbocycles. The Hall–Kier alpha value is -0.670. The number of benzene rings is 1. The molecule has 5 nitrogen and oxygen atoms in total. The number of nitrogens with zero attached hydrogens (tertiary/aromatic N) is 2. The highest BCUT2D eigenvalue weighted by Gasteiger charge is 2.32. The Morgan fingerprint density at radius 2 is 2.04 bits per heavy atom. The van der Waals surface area contributed by atoms with Gasteiger partial charge in [-0.1, -0.05) is 18.2 Å². The standard InChI is InChI=1S/C20H32N4OS.HI/c1-3-21-19(22-16-20(26-2)10-13-25-14-11-20)23-17-9-12-24(15-17)18-7-5-4-6-8-18;/h4-8,17H,3,9-16H2,1-2H3,(H2,21,22,23);1H. The average molecular weight is 504 g/mol. The third-order valence-corrected chi connectivity index (χ3v) is 6.76. The predicted molar refractivity (Wildman–Crippen MR) is 128 cm³/mol. The van der Waals surface area contributed by atoms with Gasteiger partial charge in [-0.25, -0.2) is 0 Å². The van der Waals surface area contributed by atoms with E-state index in [-0.39, 0.29) is 28.7 Å². The van der Waals surface area contributed by atoms with E-state index in [1.165, 1.54) is 5.69 Å². The van der Waals surface area contributed by atoms with Crippen LogP contribution in [0.15, 0.2) is 35.3 Å². The molecule has 1 atom stereocenters. The maximum Gasteiger partial charge on any atom is 0.191 e. The Morgan fingerprint density at radius 1 is 1.30 bits per heavy atom. The molecule has 27 heavy (non-hydrogen) atoms. The Labute approximate surface area is 185 Å². The number of anilines is 1. The van der Waals surface area contributed by atoms with Gasteiger partial charge in [0, 0.05) is 49.3 Å². The monoisotopic (exact) mass is 504 g/mol. The van der Waals surface area contributed by atoms with Crippen molar-refractivity contribution in [3.8, 4) is 0 Å². The zero-order valence-electron chi connectivity index (χ0n) is 16.4. The van der Waals surface area contributed by atoms with Crippen molar-refractivity contribution in [1.29, 1.82) is 0 Å². The zero-order chi connectivity index (χ0) is 18.2. The lowest BCUT2D eigenvalue weighted by Crippen LogP contribution is -2.46. The highest BCUT2D eigenvalue weighted by molar-refractivity contribution is 14.0. The molecular formula is C20H33IN4OS. The van der Waals surface area contributed by atoms with Gasteiger partial charge in [0.25, 0.3) is 0 Å². The first kappa shape index (κ1) is 22.6. The normalized spacial score (nSPS) is 22.2. The summed E-state index contributed by atoms with van der Waals surface area (Å²) in [6.07, 6.45) is 5.52. The van der Waals surface area contributed by atoms with Gasteiger partial charge < -0.3 is 20.3 Å². The fraction of sp³-hybridized carbons (Fsp3) is 0.650. The van der Waals surface area contributed by atoms with Crippen molar-refractivity contribution in [3.63, 3.8) is 0 Å². The molecule has 152 valence electrons. The van der Waals surface area contributed by atoms with Gasteiger partial charge in [0.2, 0.25) is 0 Å². The highest BCUT2D eigenvalue weighted by atomic mass is 127. The summed E-state index contributed by atoms with van der Waals surface area (Å²) in [5, 5.41) is 7.08. The number of guanidine groups is 1. The van der Waals surface area contributed by atoms with Gasteiger partial charge in [0.15, 0.2) is 5.96 Å². The van der Waals surface area contributed by atoms with E-state index in [1.54, 1.807) is 0 Å². The summed E-state index contributed by atoms with van der Waals surface area (Å²) in [5.41, 5.74) is 1.31. The third kappa shape index (κ3) is 6.42. The molecule has 2 fully saturated rings. The Bertz CT molecular complexity index is 581. The summed E-state index contributed by atoms with van der Waals surface area (Å²) >= 11 is 1.94. The van der Waals surface area contributed by atoms with Crippen LogP contribution in [-0.2, 0) is 4.74 Å². The van der Waals surface area contributed by atoms with E-state index in [9.17, 15) is 0 Å². The van der Waals surface area contributed by atoms with E-state index in [2.05, 4.69) is 59.0 Å². The first-order valence-corrected chi connectivity index (χ1v) is 10.9. The molecule has 2 saturated heterocycles. The van der Waals surface area contributed by atoms with Crippen molar-refractivity contribution < 1.29 is 4.74 Å². The topological polar surface area (TPSA) is 48.9 Å². The van der Waals surface area contributed by atoms with Gasteiger partial charge in [0.05, 0.1) is 6.54 Å². The third-order valence-electron chi connectivity index (χ3n) is 5.36. The van der Waals surface area contributed by atoms with Crippen molar-refractivity contribution >= 4 is 47.4 Å². The minimum Gasteiger partial charge on any atom is -0.381 e. The molecule has 0 aromatic heterocycles. The molecule has 2 aliphatic heterocycles. The second kappa shape index (κ2) is 11.4. The molecule has 0 spiro atoms. The van der Waals surface area contributed by atoms with Crippen molar-refractivity contribution in [3.05, 3.63) is 30.3 Å². The van der Waals surface area contributed by atoms with Crippen LogP contribution in [-0.4, -0.2) is 62.4 Å². The van der Waals surface area contributed by atoms with Crippen molar-refractivity contribution in [2.75, 3.05) is 50.5 Å². The SMILES string of the molecule is CCNC(=NCC1(SC)CCOCC1)NC1CCN(c2ccccc2)C1.I. The van der Waals surface area contributed by atoms with Crippen molar-refractivity contribution in [2.24, 2.45) is 4.99 Å². The minimum atomic E-state index is 0. The summed E-state index contributed by atoms with van der Waals surface area (Å²) < 4.78 is 5.77. The number of ether oxygens (including phenoxy) is 1. The van der Waals surface area contributed by atoms with Crippen LogP contribution in [0.5, 0.6) is 0 Å². The minimum absolute atomic E-state index is 0. The van der Waals surface area contributed by atoms with Crippen LogP contribution >= 0.6 is 35.7 Å². The van der Waals surface area contributed by atoms with Crippen LogP contribution in [0.25, 0.3) is 0 Å². The number of hydrogen-bond donors (Lipinski definition) is 2. The van der Waals surface area contributed by atoms with E-state index >= 15 is 0 Å². The van der Waals surface area contributed by atoms with Crippen LogP contribution in [0.2, 0.25) is 0 Å². The first-order chi connectivity index (χ1) is 12.7. The fourth-order valence-corrected chi connectivity index (χ4v) is 4.43. The molecule has 3 rings (SSSR count). The van der Waals surface area contributed by atoms with Crippen LogP contribution in [0.3, 0.4) is 0 Å². The van der Waals surface area contributed by atoms with Gasteiger partial charge in [-0.3, -0.25) is 4.99 Å². The van der Waals surface area contributed by atoms with Gasteiger partial charge in [-0.2, -0.15) is 11.8 Å². The van der Waals surface area contributed by atoms with Gasteiger partial charge in [-0.15, -0.1) is 24.0 Å². The largest absolute Gasteiger partial charge is 0.381 e. The molecule has 2 aliphatic rings. The molecule has 7 heteroatoms. The number of nitrogens with one attached hydrogen (secondary N) is 2. The number of thioether (sulfide) groups is 1. The lowest BCUT2D eigenvalue weighted by molar-refractivity contribution is 0.0794. The van der Waals surface area contributed by atoms with E-state index < -0.39 is 0 Å². The maximum absolute atomic E-state index is 5.54. The second-order valence-corrected chi connectivity index (χ2v) is 8.38. The molecule has 1 unspecified atom stereocenters. The Morgan fingerprint density at radius 3 is 2.70 bits per heavy atom. The van der Waals surface area contributed by atoms with E-state index in [0.29, 0.717) is 6.04 Å². The van der Waals surface area contributed by atoms with Crippen molar-refractivity contribution in [2.45, 2.75) is 37.0 Å². The second-order valence-electron chi connectivity index (χ2n) is 7.11. The zero-order valence-corrected chi connectivity index (χ0v) is 19.6. The van der Waals surface area contributed by atoms with Crippen LogP contribution in [0, 0.1) is 0 Å². The lowest BCUT2D eigenvalue weighted by Gasteiger charge is -2.34. The van der Waals surface area contributed by atoms with Crippen LogP contribution in [0.4, 0.5) is 5.69 Å². The predicted octanol–water partition coefficient (Wildman–Crippen LogP) is 3.35. The molecule has 2 heterocycles. The molecule has 1 aromatic rings. The smallest absolute Gasteiger partial charge is 0.191 e. The van der Waals surface area contributed by atoms with Crippen LogP contribution in [0.1, 0.15) is 26.2 Å².